The van der Waals surface area contributed by atoms with E-state index in [9.17, 15) is 9.18 Å². The number of ether oxygens (including phenoxy) is 1. The number of benzene rings is 2. The summed E-state index contributed by atoms with van der Waals surface area (Å²) < 4.78 is 19.3. The van der Waals surface area contributed by atoms with E-state index in [0.717, 1.165) is 33.7 Å². The van der Waals surface area contributed by atoms with Gasteiger partial charge in [-0.05, 0) is 48.2 Å². The fourth-order valence-corrected chi connectivity index (χ4v) is 3.28. The molecule has 6 nitrogen and oxygen atoms in total. The van der Waals surface area contributed by atoms with E-state index < -0.39 is 11.9 Å². The Morgan fingerprint density at radius 2 is 2.00 bits per heavy atom. The van der Waals surface area contributed by atoms with E-state index >= 15 is 0 Å². The van der Waals surface area contributed by atoms with Crippen molar-refractivity contribution in [2.75, 3.05) is 0 Å². The number of H-pyrrole nitrogens is 1. The lowest BCUT2D eigenvalue weighted by atomic mass is 10.0. The first-order chi connectivity index (χ1) is 13.9. The summed E-state index contributed by atoms with van der Waals surface area (Å²) in [5, 5.41) is 3.21. The molecule has 1 unspecified atom stereocenters. The van der Waals surface area contributed by atoms with Crippen molar-refractivity contribution in [2.45, 2.75) is 39.5 Å². The van der Waals surface area contributed by atoms with Crippen molar-refractivity contribution in [3.63, 3.8) is 0 Å². The van der Waals surface area contributed by atoms with Gasteiger partial charge < -0.3 is 20.8 Å². The highest BCUT2D eigenvalue weighted by atomic mass is 19.1. The number of hydrogen-bond acceptors (Lipinski definition) is 4. The quantitative estimate of drug-likeness (QED) is 0.518. The van der Waals surface area contributed by atoms with Crippen LogP contribution in [0, 0.1) is 19.7 Å². The molecule has 1 aromatic heterocycles. The Kier molecular flexibility index (Phi) is 6.61. The first kappa shape index (κ1) is 20.5. The van der Waals surface area contributed by atoms with Crippen LogP contribution < -0.4 is 15.8 Å². The van der Waals surface area contributed by atoms with Crippen LogP contribution in [0.5, 0.6) is 5.75 Å². The van der Waals surface area contributed by atoms with Gasteiger partial charge in [0.1, 0.15) is 18.2 Å². The van der Waals surface area contributed by atoms with E-state index in [2.05, 4.69) is 15.3 Å². The van der Waals surface area contributed by atoms with Gasteiger partial charge in [-0.25, -0.2) is 9.37 Å². The number of nitrogens with zero attached hydrogens (tertiary/aromatic N) is 1. The predicted molar refractivity (Wildman–Crippen MR) is 109 cm³/mol. The van der Waals surface area contributed by atoms with Gasteiger partial charge >= 0.3 is 0 Å². The van der Waals surface area contributed by atoms with Crippen LogP contribution in [-0.4, -0.2) is 21.9 Å². The number of primary amides is 1. The third-order valence-electron chi connectivity index (χ3n) is 4.67. The Morgan fingerprint density at radius 1 is 1.24 bits per heavy atom. The topological polar surface area (TPSA) is 93.0 Å². The zero-order chi connectivity index (χ0) is 20.8. The number of aryl methyl sites for hydroxylation is 2. The number of nitrogens with one attached hydrogen (secondary N) is 2. The molecular formula is C22H25FN4O2. The van der Waals surface area contributed by atoms with Crippen molar-refractivity contribution in [3.8, 4) is 5.75 Å². The fraction of sp³-hybridized carbons (Fsp3) is 0.273. The number of hydrogen-bond donors (Lipinski definition) is 3. The number of carbonyl (C=O) groups is 1. The number of carbonyl (C=O) groups excluding carboxylic acids is 1. The lowest BCUT2D eigenvalue weighted by Gasteiger charge is -2.17. The van der Waals surface area contributed by atoms with Crippen molar-refractivity contribution in [2.24, 2.45) is 5.73 Å². The molecule has 0 aliphatic carbocycles. The number of aromatic nitrogens is 2. The third-order valence-corrected chi connectivity index (χ3v) is 4.67. The normalized spacial score (nSPS) is 12.0. The lowest BCUT2D eigenvalue weighted by Crippen LogP contribution is -2.42. The summed E-state index contributed by atoms with van der Waals surface area (Å²) in [4.78, 5) is 18.7. The number of aromatic amines is 1. The van der Waals surface area contributed by atoms with Crippen LogP contribution in [0.4, 0.5) is 4.39 Å². The number of amides is 1. The molecule has 0 aliphatic heterocycles. The van der Waals surface area contributed by atoms with Gasteiger partial charge in [0.2, 0.25) is 5.91 Å². The van der Waals surface area contributed by atoms with Gasteiger partial charge in [-0.2, -0.15) is 0 Å². The van der Waals surface area contributed by atoms with Crippen LogP contribution in [0.25, 0.3) is 0 Å². The van der Waals surface area contributed by atoms with Crippen LogP contribution in [0.15, 0.2) is 48.9 Å². The van der Waals surface area contributed by atoms with Gasteiger partial charge in [0.05, 0.1) is 12.4 Å². The minimum atomic E-state index is -0.500. The van der Waals surface area contributed by atoms with E-state index in [1.165, 1.54) is 12.1 Å². The van der Waals surface area contributed by atoms with Gasteiger partial charge in [-0.1, -0.05) is 24.3 Å². The molecule has 4 N–H and O–H groups in total. The van der Waals surface area contributed by atoms with Crippen molar-refractivity contribution < 1.29 is 13.9 Å². The Labute approximate surface area is 169 Å². The Balaban J connectivity index is 1.64. The van der Waals surface area contributed by atoms with Crippen LogP contribution in [0.3, 0.4) is 0 Å². The van der Waals surface area contributed by atoms with Crippen molar-refractivity contribution in [1.82, 2.24) is 15.3 Å². The van der Waals surface area contributed by atoms with E-state index in [0.29, 0.717) is 19.6 Å². The molecule has 1 heterocycles. The largest absolute Gasteiger partial charge is 0.488 e. The molecule has 7 heteroatoms. The van der Waals surface area contributed by atoms with Crippen LogP contribution in [0.1, 0.15) is 27.9 Å². The Morgan fingerprint density at radius 3 is 2.62 bits per heavy atom. The first-order valence-corrected chi connectivity index (χ1v) is 9.39. The molecule has 0 saturated heterocycles. The molecule has 0 radical (unpaired) electrons. The monoisotopic (exact) mass is 396 g/mol. The molecule has 1 atom stereocenters. The summed E-state index contributed by atoms with van der Waals surface area (Å²) in [7, 11) is 0. The number of halogens is 1. The maximum absolute atomic E-state index is 13.3. The van der Waals surface area contributed by atoms with Crippen molar-refractivity contribution in [1.29, 1.82) is 0 Å². The lowest BCUT2D eigenvalue weighted by molar-refractivity contribution is -0.120. The summed E-state index contributed by atoms with van der Waals surface area (Å²) in [5.74, 6) is 0.0881. The summed E-state index contributed by atoms with van der Waals surface area (Å²) in [6, 6.07) is 9.89. The summed E-state index contributed by atoms with van der Waals surface area (Å²) in [5.41, 5.74) is 10.1. The van der Waals surface area contributed by atoms with Crippen LogP contribution >= 0.6 is 0 Å². The molecule has 3 aromatic rings. The van der Waals surface area contributed by atoms with Gasteiger partial charge in [0.25, 0.3) is 0 Å². The standard InChI is InChI=1S/C22H25FN4O2/c1-14-6-17(10-26-20(22(24)28)9-19-11-25-13-27-19)7-15(2)21(14)29-12-16-4-3-5-18(23)8-16/h3-8,11,13,20,26H,9-10,12H2,1-2H3,(H2,24,28)(H,25,27). The van der Waals surface area contributed by atoms with E-state index in [1.54, 1.807) is 18.6 Å². The number of rotatable bonds is 9. The maximum Gasteiger partial charge on any atom is 0.234 e. The SMILES string of the molecule is Cc1cc(CNC(Cc2cnc[nH]2)C(N)=O)cc(C)c1OCc1cccc(F)c1. The average Bonchev–Trinajstić information content (AvgIpc) is 3.17. The first-order valence-electron chi connectivity index (χ1n) is 9.39. The molecule has 29 heavy (non-hydrogen) atoms. The second kappa shape index (κ2) is 9.34. The minimum absolute atomic E-state index is 0.278. The third kappa shape index (κ3) is 5.65. The highest BCUT2D eigenvalue weighted by molar-refractivity contribution is 5.80. The zero-order valence-electron chi connectivity index (χ0n) is 16.5. The highest BCUT2D eigenvalue weighted by Gasteiger charge is 2.16. The highest BCUT2D eigenvalue weighted by Crippen LogP contribution is 2.26. The van der Waals surface area contributed by atoms with Crippen molar-refractivity contribution in [3.05, 3.63) is 82.7 Å². The van der Waals surface area contributed by atoms with E-state index in [-0.39, 0.29) is 5.82 Å². The molecule has 0 spiro atoms. The van der Waals surface area contributed by atoms with Gasteiger partial charge in [0.15, 0.2) is 0 Å². The van der Waals surface area contributed by atoms with E-state index in [1.807, 2.05) is 32.0 Å². The average molecular weight is 396 g/mol. The zero-order valence-corrected chi connectivity index (χ0v) is 16.5. The molecule has 1 amide bonds. The predicted octanol–water partition coefficient (Wildman–Crippen LogP) is 2.93. The second-order valence-corrected chi connectivity index (χ2v) is 7.09. The van der Waals surface area contributed by atoms with Gasteiger partial charge in [0, 0.05) is 24.9 Å². The Bertz CT molecular complexity index is 950. The van der Waals surface area contributed by atoms with E-state index in [4.69, 9.17) is 10.5 Å². The summed E-state index contributed by atoms with van der Waals surface area (Å²) in [6.45, 7) is 4.72. The van der Waals surface area contributed by atoms with Crippen molar-refractivity contribution >= 4 is 5.91 Å². The molecule has 0 aliphatic rings. The van der Waals surface area contributed by atoms with Crippen LogP contribution in [-0.2, 0) is 24.4 Å². The summed E-state index contributed by atoms with van der Waals surface area (Å²) in [6.07, 6.45) is 3.70. The number of nitrogens with two attached hydrogens (primary N) is 1. The molecule has 3 rings (SSSR count). The van der Waals surface area contributed by atoms with Crippen LogP contribution in [0.2, 0.25) is 0 Å². The molecule has 0 saturated carbocycles. The smallest absolute Gasteiger partial charge is 0.234 e. The molecule has 0 bridgehead atoms. The van der Waals surface area contributed by atoms with Gasteiger partial charge in [-0.15, -0.1) is 0 Å². The molecule has 2 aromatic carbocycles. The molecule has 0 fully saturated rings. The molecule has 152 valence electrons. The Hall–Kier alpha value is -3.19. The maximum atomic E-state index is 13.3. The second-order valence-electron chi connectivity index (χ2n) is 7.09. The van der Waals surface area contributed by atoms with Gasteiger partial charge in [-0.3, -0.25) is 4.79 Å². The minimum Gasteiger partial charge on any atom is -0.488 e. The fourth-order valence-electron chi connectivity index (χ4n) is 3.28. The molecular weight excluding hydrogens is 371 g/mol. The number of imidazole rings is 1. The summed E-state index contributed by atoms with van der Waals surface area (Å²) >= 11 is 0.